The maximum absolute atomic E-state index is 5.94. The molecule has 1 rings (SSSR count). The number of halogens is 1. The van der Waals surface area contributed by atoms with Crippen LogP contribution in [0.25, 0.3) is 0 Å². The summed E-state index contributed by atoms with van der Waals surface area (Å²) in [7, 11) is 1.70. The molecule has 1 atom stereocenters. The summed E-state index contributed by atoms with van der Waals surface area (Å²) in [5, 5.41) is 3.96. The topological polar surface area (TPSA) is 34.1 Å². The Labute approximate surface area is 89.4 Å². The Kier molecular flexibility index (Phi) is 4.87. The summed E-state index contributed by atoms with van der Waals surface area (Å²) in [4.78, 5) is 3.92. The summed E-state index contributed by atoms with van der Waals surface area (Å²) in [6.07, 6.45) is 3.61. The lowest BCUT2D eigenvalue weighted by Gasteiger charge is -2.11. The van der Waals surface area contributed by atoms with Crippen molar-refractivity contribution in [2.45, 2.75) is 19.6 Å². The number of aromatic nitrogens is 1. The van der Waals surface area contributed by atoms with E-state index in [9.17, 15) is 0 Å². The van der Waals surface area contributed by atoms with Crippen LogP contribution in [0.5, 0.6) is 0 Å². The Morgan fingerprint density at radius 1 is 1.64 bits per heavy atom. The largest absolute Gasteiger partial charge is 0.380 e. The van der Waals surface area contributed by atoms with Crippen LogP contribution in [0.2, 0.25) is 5.02 Å². The number of nitrogens with one attached hydrogen (secondary N) is 1. The highest BCUT2D eigenvalue weighted by atomic mass is 35.5. The molecule has 1 unspecified atom stereocenters. The van der Waals surface area contributed by atoms with Crippen LogP contribution in [0.1, 0.15) is 12.5 Å². The van der Waals surface area contributed by atoms with Crippen molar-refractivity contribution < 1.29 is 4.74 Å². The highest BCUT2D eigenvalue weighted by Gasteiger charge is 2.01. The summed E-state index contributed by atoms with van der Waals surface area (Å²) < 4.78 is 5.11. The Morgan fingerprint density at radius 3 is 3.07 bits per heavy atom. The second-order valence-corrected chi connectivity index (χ2v) is 3.55. The van der Waals surface area contributed by atoms with Gasteiger partial charge in [0.25, 0.3) is 0 Å². The monoisotopic (exact) mass is 214 g/mol. The van der Waals surface area contributed by atoms with Crippen LogP contribution >= 0.6 is 11.6 Å². The summed E-state index contributed by atoms with van der Waals surface area (Å²) in [6, 6.07) is 1.91. The van der Waals surface area contributed by atoms with Gasteiger partial charge >= 0.3 is 0 Å². The fourth-order valence-corrected chi connectivity index (χ4v) is 1.23. The van der Waals surface area contributed by atoms with Gasteiger partial charge in [-0.15, -0.1) is 0 Å². The molecule has 1 N–H and O–H groups in total. The highest BCUT2D eigenvalue weighted by molar-refractivity contribution is 6.31. The predicted octanol–water partition coefficient (Wildman–Crippen LogP) is 1.86. The number of ether oxygens (including phenoxy) is 1. The highest BCUT2D eigenvalue weighted by Crippen LogP contribution is 2.12. The molecule has 0 radical (unpaired) electrons. The van der Waals surface area contributed by atoms with Gasteiger partial charge in [-0.05, 0) is 18.6 Å². The van der Waals surface area contributed by atoms with E-state index in [-0.39, 0.29) is 6.10 Å². The number of hydrogen-bond acceptors (Lipinski definition) is 3. The quantitative estimate of drug-likeness (QED) is 0.813. The van der Waals surface area contributed by atoms with Crippen molar-refractivity contribution in [1.29, 1.82) is 0 Å². The normalized spacial score (nSPS) is 12.8. The number of pyridine rings is 1. The Bertz CT molecular complexity index is 281. The molecule has 1 heterocycles. The molecule has 0 aromatic carbocycles. The van der Waals surface area contributed by atoms with Crippen molar-refractivity contribution in [3.05, 3.63) is 29.0 Å². The lowest BCUT2D eigenvalue weighted by Crippen LogP contribution is -2.25. The molecule has 0 bridgehead atoms. The van der Waals surface area contributed by atoms with Crippen molar-refractivity contribution in [2.75, 3.05) is 13.7 Å². The fraction of sp³-hybridized carbons (Fsp3) is 0.500. The van der Waals surface area contributed by atoms with Crippen molar-refractivity contribution in [3.63, 3.8) is 0 Å². The minimum absolute atomic E-state index is 0.218. The molecule has 0 aliphatic carbocycles. The zero-order valence-electron chi connectivity index (χ0n) is 8.46. The molecule has 0 fully saturated rings. The Balaban J connectivity index is 2.35. The third-order valence-electron chi connectivity index (χ3n) is 2.01. The van der Waals surface area contributed by atoms with Crippen molar-refractivity contribution >= 4 is 11.6 Å². The summed E-state index contributed by atoms with van der Waals surface area (Å²) in [5.41, 5.74) is 1.06. The van der Waals surface area contributed by atoms with Gasteiger partial charge in [-0.3, -0.25) is 4.98 Å². The number of nitrogens with zero attached hydrogens (tertiary/aromatic N) is 1. The summed E-state index contributed by atoms with van der Waals surface area (Å²) >= 11 is 5.94. The molecule has 1 aromatic heterocycles. The first-order valence-electron chi connectivity index (χ1n) is 4.56. The molecule has 3 nitrogen and oxygen atoms in total. The van der Waals surface area contributed by atoms with Gasteiger partial charge in [-0.25, -0.2) is 0 Å². The van der Waals surface area contributed by atoms with Crippen LogP contribution in [0.4, 0.5) is 0 Å². The average Bonchev–Trinajstić information content (AvgIpc) is 2.20. The van der Waals surface area contributed by atoms with Crippen LogP contribution < -0.4 is 5.32 Å². The van der Waals surface area contributed by atoms with Gasteiger partial charge in [0.1, 0.15) is 0 Å². The van der Waals surface area contributed by atoms with Gasteiger partial charge < -0.3 is 10.1 Å². The molecule has 0 amide bonds. The molecule has 0 saturated heterocycles. The number of rotatable bonds is 5. The fourth-order valence-electron chi connectivity index (χ4n) is 1.04. The van der Waals surface area contributed by atoms with Gasteiger partial charge in [-0.1, -0.05) is 11.6 Å². The van der Waals surface area contributed by atoms with Crippen molar-refractivity contribution in [2.24, 2.45) is 0 Å². The summed E-state index contributed by atoms with van der Waals surface area (Å²) in [6.45, 7) is 3.57. The van der Waals surface area contributed by atoms with Gasteiger partial charge in [0.15, 0.2) is 0 Å². The maximum Gasteiger partial charge on any atom is 0.0667 e. The van der Waals surface area contributed by atoms with Crippen LogP contribution in [0.3, 0.4) is 0 Å². The molecule has 14 heavy (non-hydrogen) atoms. The van der Waals surface area contributed by atoms with Gasteiger partial charge in [-0.2, -0.15) is 0 Å². The first-order chi connectivity index (χ1) is 6.74. The molecular weight excluding hydrogens is 200 g/mol. The Hall–Kier alpha value is -0.640. The Morgan fingerprint density at radius 2 is 2.43 bits per heavy atom. The zero-order chi connectivity index (χ0) is 10.4. The molecule has 1 aromatic rings. The van der Waals surface area contributed by atoms with Crippen LogP contribution in [-0.4, -0.2) is 24.7 Å². The van der Waals surface area contributed by atoms with E-state index in [1.54, 1.807) is 19.5 Å². The molecule has 4 heteroatoms. The van der Waals surface area contributed by atoms with Crippen molar-refractivity contribution in [1.82, 2.24) is 10.3 Å². The SMILES string of the molecule is COC(C)CNCc1ccncc1Cl. The minimum Gasteiger partial charge on any atom is -0.380 e. The van der Waals surface area contributed by atoms with E-state index in [4.69, 9.17) is 16.3 Å². The van der Waals surface area contributed by atoms with Gasteiger partial charge in [0, 0.05) is 32.6 Å². The molecule has 78 valence electrons. The lowest BCUT2D eigenvalue weighted by molar-refractivity contribution is 0.117. The third kappa shape index (κ3) is 3.62. The van der Waals surface area contributed by atoms with E-state index in [2.05, 4.69) is 10.3 Å². The molecular formula is C10H15ClN2O. The van der Waals surface area contributed by atoms with Crippen LogP contribution in [-0.2, 0) is 11.3 Å². The average molecular weight is 215 g/mol. The predicted molar refractivity (Wildman–Crippen MR) is 57.4 cm³/mol. The smallest absolute Gasteiger partial charge is 0.0667 e. The second-order valence-electron chi connectivity index (χ2n) is 3.14. The minimum atomic E-state index is 0.218. The number of methoxy groups -OCH3 is 1. The standard InChI is InChI=1S/C10H15ClN2O/c1-8(14-2)5-13-6-9-3-4-12-7-10(9)11/h3-4,7-8,13H,5-6H2,1-2H3. The van der Waals surface area contributed by atoms with E-state index in [0.29, 0.717) is 5.02 Å². The molecule has 0 aliphatic heterocycles. The lowest BCUT2D eigenvalue weighted by atomic mass is 10.2. The van der Waals surface area contributed by atoms with Crippen LogP contribution in [0, 0.1) is 0 Å². The van der Waals surface area contributed by atoms with Gasteiger partial charge in [0.2, 0.25) is 0 Å². The van der Waals surface area contributed by atoms with Crippen molar-refractivity contribution in [3.8, 4) is 0 Å². The first-order valence-corrected chi connectivity index (χ1v) is 4.93. The van der Waals surface area contributed by atoms with E-state index in [0.717, 1.165) is 18.7 Å². The molecule has 0 aliphatic rings. The van der Waals surface area contributed by atoms with E-state index in [1.807, 2.05) is 13.0 Å². The maximum atomic E-state index is 5.94. The van der Waals surface area contributed by atoms with E-state index >= 15 is 0 Å². The molecule has 0 spiro atoms. The molecule has 0 saturated carbocycles. The number of hydrogen-bond donors (Lipinski definition) is 1. The second kappa shape index (κ2) is 5.96. The zero-order valence-corrected chi connectivity index (χ0v) is 9.21. The van der Waals surface area contributed by atoms with Crippen LogP contribution in [0.15, 0.2) is 18.5 Å². The first kappa shape index (κ1) is 11.4. The van der Waals surface area contributed by atoms with E-state index in [1.165, 1.54) is 0 Å². The summed E-state index contributed by atoms with van der Waals surface area (Å²) in [5.74, 6) is 0. The van der Waals surface area contributed by atoms with E-state index < -0.39 is 0 Å². The van der Waals surface area contributed by atoms with Gasteiger partial charge in [0.05, 0.1) is 11.1 Å². The third-order valence-corrected chi connectivity index (χ3v) is 2.35.